The van der Waals surface area contributed by atoms with Crippen molar-refractivity contribution in [1.82, 2.24) is 4.98 Å². The molecule has 1 aromatic carbocycles. The molecule has 0 atom stereocenters. The molecule has 0 saturated carbocycles. The Morgan fingerprint density at radius 1 is 1.56 bits per heavy atom. The van der Waals surface area contributed by atoms with Gasteiger partial charge in [-0.2, -0.15) is 0 Å². The minimum Gasteiger partial charge on any atom is -0.496 e. The molecule has 0 amide bonds. The van der Waals surface area contributed by atoms with Crippen molar-refractivity contribution < 1.29 is 9.66 Å². The zero-order chi connectivity index (χ0) is 13.1. The minimum atomic E-state index is -0.445. The second-order valence-electron chi connectivity index (χ2n) is 3.47. The Bertz CT molecular complexity index is 583. The van der Waals surface area contributed by atoms with E-state index in [1.54, 1.807) is 6.07 Å². The second-order valence-corrected chi connectivity index (χ2v) is 4.41. The van der Waals surface area contributed by atoms with Gasteiger partial charge in [0.1, 0.15) is 10.8 Å². The first-order valence-corrected chi connectivity index (χ1v) is 6.01. The lowest BCUT2D eigenvalue weighted by Gasteiger charge is -2.05. The fourth-order valence-electron chi connectivity index (χ4n) is 1.54. The molecule has 0 aliphatic carbocycles. The van der Waals surface area contributed by atoms with Crippen molar-refractivity contribution in [3.05, 3.63) is 38.7 Å². The molecule has 0 radical (unpaired) electrons. The number of thiazole rings is 1. The molecule has 6 nitrogen and oxygen atoms in total. The number of hydrogen-bond acceptors (Lipinski definition) is 6. The number of non-ortho nitro benzene ring substituents is 1. The van der Waals surface area contributed by atoms with E-state index in [2.05, 4.69) is 4.98 Å². The fraction of sp³-hybridized carbons (Fsp3) is 0.182. The number of ether oxygens (including phenoxy) is 1. The molecule has 94 valence electrons. The van der Waals surface area contributed by atoms with Gasteiger partial charge in [-0.05, 0) is 6.07 Å². The zero-order valence-electron chi connectivity index (χ0n) is 9.62. The number of aromatic nitrogens is 1. The fourth-order valence-corrected chi connectivity index (χ4v) is 2.21. The molecule has 0 spiro atoms. The molecule has 1 heterocycles. The van der Waals surface area contributed by atoms with Crippen LogP contribution in [-0.2, 0) is 6.54 Å². The summed E-state index contributed by atoms with van der Waals surface area (Å²) in [5.41, 5.74) is 6.75. The Hall–Kier alpha value is -1.99. The zero-order valence-corrected chi connectivity index (χ0v) is 10.4. The smallest absolute Gasteiger partial charge is 0.270 e. The van der Waals surface area contributed by atoms with Crippen molar-refractivity contribution in [2.24, 2.45) is 5.73 Å². The maximum atomic E-state index is 10.8. The van der Waals surface area contributed by atoms with Gasteiger partial charge in [0.2, 0.25) is 0 Å². The second kappa shape index (κ2) is 5.11. The molecule has 0 saturated heterocycles. The third-order valence-corrected chi connectivity index (χ3v) is 3.27. The highest BCUT2D eigenvalue weighted by molar-refractivity contribution is 7.09. The standard InChI is InChI=1S/C11H11N3O3S/c1-17-10-3-2-7(14(15)16)4-8(10)9-6-18-11(5-12)13-9/h2-4,6H,5,12H2,1H3. The van der Waals surface area contributed by atoms with E-state index < -0.39 is 4.92 Å². The van der Waals surface area contributed by atoms with E-state index >= 15 is 0 Å². The molecule has 1 aromatic heterocycles. The number of rotatable bonds is 4. The number of nitro groups is 1. The van der Waals surface area contributed by atoms with Crippen molar-refractivity contribution in [3.63, 3.8) is 0 Å². The number of nitro benzene ring substituents is 1. The van der Waals surface area contributed by atoms with Crippen LogP contribution in [0.15, 0.2) is 23.6 Å². The summed E-state index contributed by atoms with van der Waals surface area (Å²) in [6, 6.07) is 4.42. The maximum absolute atomic E-state index is 10.8. The van der Waals surface area contributed by atoms with Crippen LogP contribution in [0, 0.1) is 10.1 Å². The summed E-state index contributed by atoms with van der Waals surface area (Å²) >= 11 is 1.42. The van der Waals surface area contributed by atoms with Gasteiger partial charge in [0.25, 0.3) is 5.69 Å². The average molecular weight is 265 g/mol. The summed E-state index contributed by atoms with van der Waals surface area (Å²) in [5, 5.41) is 13.4. The predicted octanol–water partition coefficient (Wildman–Crippen LogP) is 2.19. The van der Waals surface area contributed by atoms with E-state index in [-0.39, 0.29) is 5.69 Å². The molecule has 0 unspecified atom stereocenters. The molecule has 2 rings (SSSR count). The summed E-state index contributed by atoms with van der Waals surface area (Å²) in [7, 11) is 1.51. The molecule has 0 aliphatic rings. The third kappa shape index (κ3) is 2.31. The molecule has 2 aromatic rings. The van der Waals surface area contributed by atoms with Crippen LogP contribution in [0.4, 0.5) is 5.69 Å². The van der Waals surface area contributed by atoms with Crippen molar-refractivity contribution >= 4 is 17.0 Å². The van der Waals surface area contributed by atoms with Crippen LogP contribution in [0.3, 0.4) is 0 Å². The predicted molar refractivity (Wildman–Crippen MR) is 68.6 cm³/mol. The van der Waals surface area contributed by atoms with Gasteiger partial charge >= 0.3 is 0 Å². The lowest BCUT2D eigenvalue weighted by Crippen LogP contribution is -1.96. The monoisotopic (exact) mass is 265 g/mol. The lowest BCUT2D eigenvalue weighted by molar-refractivity contribution is -0.384. The van der Waals surface area contributed by atoms with E-state index in [1.165, 1.54) is 30.6 Å². The Labute approximate surface area is 107 Å². The number of benzene rings is 1. The lowest BCUT2D eigenvalue weighted by atomic mass is 10.1. The number of nitrogens with zero attached hydrogens (tertiary/aromatic N) is 2. The first-order chi connectivity index (χ1) is 8.65. The van der Waals surface area contributed by atoms with Crippen LogP contribution < -0.4 is 10.5 Å². The first-order valence-electron chi connectivity index (χ1n) is 5.13. The summed E-state index contributed by atoms with van der Waals surface area (Å²) in [6.07, 6.45) is 0. The van der Waals surface area contributed by atoms with E-state index in [0.717, 1.165) is 5.01 Å². The number of hydrogen-bond donors (Lipinski definition) is 1. The summed E-state index contributed by atoms with van der Waals surface area (Å²) in [6.45, 7) is 0.349. The molecular formula is C11H11N3O3S. The Kier molecular flexibility index (Phi) is 3.54. The van der Waals surface area contributed by atoms with Crippen molar-refractivity contribution in [2.75, 3.05) is 7.11 Å². The summed E-state index contributed by atoms with van der Waals surface area (Å²) in [5.74, 6) is 0.550. The van der Waals surface area contributed by atoms with E-state index in [9.17, 15) is 10.1 Å². The summed E-state index contributed by atoms with van der Waals surface area (Å²) < 4.78 is 5.19. The highest BCUT2D eigenvalue weighted by Gasteiger charge is 2.15. The molecular weight excluding hydrogens is 254 g/mol. The molecule has 0 bridgehead atoms. The van der Waals surface area contributed by atoms with Crippen LogP contribution in [0.25, 0.3) is 11.3 Å². The van der Waals surface area contributed by atoms with Crippen LogP contribution in [0.5, 0.6) is 5.75 Å². The molecule has 0 fully saturated rings. The van der Waals surface area contributed by atoms with Gasteiger partial charge in [-0.1, -0.05) is 0 Å². The summed E-state index contributed by atoms with van der Waals surface area (Å²) in [4.78, 5) is 14.6. The quantitative estimate of drug-likeness (QED) is 0.675. The minimum absolute atomic E-state index is 0.00750. The topological polar surface area (TPSA) is 91.3 Å². The highest BCUT2D eigenvalue weighted by atomic mass is 32.1. The first kappa shape index (κ1) is 12.5. The van der Waals surface area contributed by atoms with Crippen molar-refractivity contribution in [3.8, 4) is 17.0 Å². The van der Waals surface area contributed by atoms with Gasteiger partial charge in [-0.15, -0.1) is 11.3 Å². The van der Waals surface area contributed by atoms with Crippen LogP contribution in [-0.4, -0.2) is 17.0 Å². The number of nitrogens with two attached hydrogens (primary N) is 1. The van der Waals surface area contributed by atoms with Gasteiger partial charge < -0.3 is 10.5 Å². The average Bonchev–Trinajstić information content (AvgIpc) is 2.86. The Morgan fingerprint density at radius 3 is 2.89 bits per heavy atom. The van der Waals surface area contributed by atoms with Gasteiger partial charge in [0, 0.05) is 29.6 Å². The largest absolute Gasteiger partial charge is 0.496 e. The van der Waals surface area contributed by atoms with Crippen molar-refractivity contribution in [2.45, 2.75) is 6.54 Å². The molecule has 7 heteroatoms. The van der Waals surface area contributed by atoms with Crippen LogP contribution in [0.1, 0.15) is 5.01 Å². The molecule has 18 heavy (non-hydrogen) atoms. The van der Waals surface area contributed by atoms with Crippen LogP contribution in [0.2, 0.25) is 0 Å². The van der Waals surface area contributed by atoms with Crippen LogP contribution >= 0.6 is 11.3 Å². The maximum Gasteiger partial charge on any atom is 0.270 e. The normalized spacial score (nSPS) is 10.3. The van der Waals surface area contributed by atoms with Gasteiger partial charge in [0.05, 0.1) is 17.7 Å². The number of methoxy groups -OCH3 is 1. The van der Waals surface area contributed by atoms with E-state index in [0.29, 0.717) is 23.6 Å². The van der Waals surface area contributed by atoms with Gasteiger partial charge in [0.15, 0.2) is 0 Å². The van der Waals surface area contributed by atoms with Gasteiger partial charge in [-0.25, -0.2) is 4.98 Å². The SMILES string of the molecule is COc1ccc([N+](=O)[O-])cc1-c1csc(CN)n1. The molecule has 0 aliphatic heterocycles. The Balaban J connectivity index is 2.52. The Morgan fingerprint density at radius 2 is 2.33 bits per heavy atom. The van der Waals surface area contributed by atoms with E-state index in [1.807, 2.05) is 5.38 Å². The molecule has 2 N–H and O–H groups in total. The van der Waals surface area contributed by atoms with Crippen molar-refractivity contribution in [1.29, 1.82) is 0 Å². The highest BCUT2D eigenvalue weighted by Crippen LogP contribution is 2.33. The van der Waals surface area contributed by atoms with Gasteiger partial charge in [-0.3, -0.25) is 10.1 Å². The van der Waals surface area contributed by atoms with E-state index in [4.69, 9.17) is 10.5 Å². The third-order valence-electron chi connectivity index (χ3n) is 2.40.